The van der Waals surface area contributed by atoms with Gasteiger partial charge in [-0.3, -0.25) is 9.59 Å². The van der Waals surface area contributed by atoms with Crippen molar-refractivity contribution in [3.63, 3.8) is 0 Å². The minimum absolute atomic E-state index is 0.0674. The lowest BCUT2D eigenvalue weighted by atomic mass is 9.92. The van der Waals surface area contributed by atoms with E-state index in [1.807, 2.05) is 13.8 Å². The van der Waals surface area contributed by atoms with Crippen LogP contribution in [-0.2, 0) is 0 Å². The lowest BCUT2D eigenvalue weighted by Gasteiger charge is -2.27. The van der Waals surface area contributed by atoms with Crippen LogP contribution in [0, 0.1) is 5.92 Å². The molecule has 1 unspecified atom stereocenters. The highest BCUT2D eigenvalue weighted by atomic mass is 16.5. The molecule has 0 aliphatic carbocycles. The molecule has 0 aliphatic rings. The zero-order valence-corrected chi connectivity index (χ0v) is 19.9. The number of methoxy groups -OCH3 is 2. The summed E-state index contributed by atoms with van der Waals surface area (Å²) in [7, 11) is 3.21. The molecule has 0 radical (unpaired) electrons. The first-order valence-electron chi connectivity index (χ1n) is 11.1. The van der Waals surface area contributed by atoms with Crippen molar-refractivity contribution in [2.45, 2.75) is 52.0 Å². The third kappa shape index (κ3) is 8.25. The van der Waals surface area contributed by atoms with Crippen molar-refractivity contribution in [1.82, 2.24) is 10.6 Å². The molecule has 6 nitrogen and oxygen atoms in total. The number of ether oxygens (including phenoxy) is 2. The molecular formula is C26H36N2O4. The molecule has 0 aromatic heterocycles. The minimum atomic E-state index is -0.292. The number of hydrogen-bond acceptors (Lipinski definition) is 4. The van der Waals surface area contributed by atoms with E-state index in [0.717, 1.165) is 37.2 Å². The summed E-state index contributed by atoms with van der Waals surface area (Å²) in [6.45, 7) is 6.94. The number of nitrogens with one attached hydrogen (secondary N) is 2. The Balaban J connectivity index is 1.67. The average molecular weight is 441 g/mol. The van der Waals surface area contributed by atoms with Gasteiger partial charge in [-0.25, -0.2) is 0 Å². The highest BCUT2D eigenvalue weighted by molar-refractivity contribution is 5.95. The van der Waals surface area contributed by atoms with Gasteiger partial charge in [0.05, 0.1) is 14.2 Å². The van der Waals surface area contributed by atoms with Crippen LogP contribution >= 0.6 is 0 Å². The van der Waals surface area contributed by atoms with E-state index in [4.69, 9.17) is 9.47 Å². The van der Waals surface area contributed by atoms with Gasteiger partial charge in [-0.15, -0.1) is 0 Å². The van der Waals surface area contributed by atoms with Crippen LogP contribution in [0.25, 0.3) is 0 Å². The number of amides is 2. The molecule has 174 valence electrons. The fraction of sp³-hybridized carbons (Fsp3) is 0.462. The summed E-state index contributed by atoms with van der Waals surface area (Å²) in [5, 5.41) is 6.10. The van der Waals surface area contributed by atoms with Gasteiger partial charge in [0.2, 0.25) is 0 Å². The molecule has 6 heteroatoms. The normalized spacial score (nSPS) is 12.0. The Morgan fingerprint density at radius 3 is 1.84 bits per heavy atom. The Morgan fingerprint density at radius 1 is 0.844 bits per heavy atom. The van der Waals surface area contributed by atoms with Crippen LogP contribution in [0.3, 0.4) is 0 Å². The molecule has 2 aromatic rings. The largest absolute Gasteiger partial charge is 0.497 e. The van der Waals surface area contributed by atoms with Gasteiger partial charge >= 0.3 is 0 Å². The van der Waals surface area contributed by atoms with Crippen LogP contribution < -0.4 is 20.1 Å². The monoisotopic (exact) mass is 440 g/mol. The van der Waals surface area contributed by atoms with Crippen molar-refractivity contribution >= 4 is 11.8 Å². The molecular weight excluding hydrogens is 404 g/mol. The zero-order valence-electron chi connectivity index (χ0n) is 19.9. The summed E-state index contributed by atoms with van der Waals surface area (Å²) in [5.41, 5.74) is 0.965. The molecule has 0 saturated heterocycles. The second-order valence-electron chi connectivity index (χ2n) is 8.84. The Hall–Kier alpha value is -3.02. The standard InChI is InChI=1S/C26H36N2O4/c1-19(16-18-27-24(29)20-8-12-22(31-4)13-9-20)7-6-17-26(2,3)28-25(30)21-10-14-23(32-5)15-11-21/h8-15,19H,6-7,16-18H2,1-5H3,(H,27,29)(H,28,30). The van der Waals surface area contributed by atoms with Crippen LogP contribution in [0.5, 0.6) is 11.5 Å². The third-order valence-electron chi connectivity index (χ3n) is 5.58. The van der Waals surface area contributed by atoms with Crippen molar-refractivity contribution in [1.29, 1.82) is 0 Å². The number of benzene rings is 2. The molecule has 2 N–H and O–H groups in total. The predicted molar refractivity (Wildman–Crippen MR) is 127 cm³/mol. The highest BCUT2D eigenvalue weighted by Crippen LogP contribution is 2.19. The lowest BCUT2D eigenvalue weighted by Crippen LogP contribution is -2.43. The van der Waals surface area contributed by atoms with Crippen LogP contribution in [0.2, 0.25) is 0 Å². The first-order chi connectivity index (χ1) is 15.2. The summed E-state index contributed by atoms with van der Waals surface area (Å²) in [6, 6.07) is 14.2. The molecule has 0 bridgehead atoms. The molecule has 2 aromatic carbocycles. The Kier molecular flexibility index (Phi) is 9.57. The van der Waals surface area contributed by atoms with Crippen molar-refractivity contribution in [2.75, 3.05) is 20.8 Å². The van der Waals surface area contributed by atoms with E-state index in [-0.39, 0.29) is 17.4 Å². The Morgan fingerprint density at radius 2 is 1.34 bits per heavy atom. The van der Waals surface area contributed by atoms with E-state index in [0.29, 0.717) is 23.6 Å². The molecule has 2 rings (SSSR count). The quantitative estimate of drug-likeness (QED) is 0.495. The smallest absolute Gasteiger partial charge is 0.251 e. The lowest BCUT2D eigenvalue weighted by molar-refractivity contribution is 0.0906. The number of hydrogen-bond donors (Lipinski definition) is 2. The van der Waals surface area contributed by atoms with Gasteiger partial charge in [0.15, 0.2) is 0 Å². The van der Waals surface area contributed by atoms with Gasteiger partial charge in [-0.05, 0) is 81.1 Å². The van der Waals surface area contributed by atoms with E-state index < -0.39 is 0 Å². The van der Waals surface area contributed by atoms with Crippen LogP contribution in [0.4, 0.5) is 0 Å². The fourth-order valence-corrected chi connectivity index (χ4v) is 3.50. The maximum atomic E-state index is 12.5. The van der Waals surface area contributed by atoms with Gasteiger partial charge in [0.1, 0.15) is 11.5 Å². The van der Waals surface area contributed by atoms with Gasteiger partial charge < -0.3 is 20.1 Å². The average Bonchev–Trinajstić information content (AvgIpc) is 2.78. The van der Waals surface area contributed by atoms with E-state index in [1.54, 1.807) is 62.8 Å². The summed E-state index contributed by atoms with van der Waals surface area (Å²) in [4.78, 5) is 24.7. The fourth-order valence-electron chi connectivity index (χ4n) is 3.50. The van der Waals surface area contributed by atoms with Gasteiger partial charge in [-0.2, -0.15) is 0 Å². The highest BCUT2D eigenvalue weighted by Gasteiger charge is 2.21. The van der Waals surface area contributed by atoms with E-state index in [9.17, 15) is 9.59 Å². The molecule has 0 spiro atoms. The summed E-state index contributed by atoms with van der Waals surface area (Å²) in [6.07, 6.45) is 3.85. The van der Waals surface area contributed by atoms with Crippen LogP contribution in [0.1, 0.15) is 67.2 Å². The van der Waals surface area contributed by atoms with E-state index in [2.05, 4.69) is 17.6 Å². The molecule has 0 heterocycles. The second kappa shape index (κ2) is 12.1. The van der Waals surface area contributed by atoms with E-state index >= 15 is 0 Å². The molecule has 0 saturated carbocycles. The second-order valence-corrected chi connectivity index (χ2v) is 8.84. The van der Waals surface area contributed by atoms with Crippen molar-refractivity contribution in [3.05, 3.63) is 59.7 Å². The Bertz CT molecular complexity index is 860. The predicted octanol–water partition coefficient (Wildman–Crippen LogP) is 4.84. The number of rotatable bonds is 12. The maximum Gasteiger partial charge on any atom is 0.251 e. The number of carbonyl (C=O) groups excluding carboxylic acids is 2. The molecule has 32 heavy (non-hydrogen) atoms. The van der Waals surface area contributed by atoms with Gasteiger partial charge in [0.25, 0.3) is 11.8 Å². The van der Waals surface area contributed by atoms with E-state index in [1.165, 1.54) is 0 Å². The third-order valence-corrected chi connectivity index (χ3v) is 5.58. The molecule has 2 amide bonds. The summed E-state index contributed by atoms with van der Waals surface area (Å²) >= 11 is 0. The topological polar surface area (TPSA) is 76.7 Å². The summed E-state index contributed by atoms with van der Waals surface area (Å²) in [5.74, 6) is 1.81. The molecule has 1 atom stereocenters. The van der Waals surface area contributed by atoms with Crippen LogP contribution in [0.15, 0.2) is 48.5 Å². The van der Waals surface area contributed by atoms with Crippen LogP contribution in [-0.4, -0.2) is 38.1 Å². The molecule has 0 aliphatic heterocycles. The maximum absolute atomic E-state index is 12.5. The number of carbonyl (C=O) groups is 2. The van der Waals surface area contributed by atoms with Crippen molar-refractivity contribution in [2.24, 2.45) is 5.92 Å². The minimum Gasteiger partial charge on any atom is -0.497 e. The van der Waals surface area contributed by atoms with Gasteiger partial charge in [0, 0.05) is 23.2 Å². The Labute approximate surface area is 191 Å². The summed E-state index contributed by atoms with van der Waals surface area (Å²) < 4.78 is 10.3. The van der Waals surface area contributed by atoms with Crippen molar-refractivity contribution < 1.29 is 19.1 Å². The van der Waals surface area contributed by atoms with Crippen molar-refractivity contribution in [3.8, 4) is 11.5 Å². The van der Waals surface area contributed by atoms with Gasteiger partial charge in [-0.1, -0.05) is 19.8 Å². The first-order valence-corrected chi connectivity index (χ1v) is 11.1. The molecule has 0 fully saturated rings. The zero-order chi connectivity index (χ0) is 23.6. The SMILES string of the molecule is COc1ccc(C(=O)NCCC(C)CCCC(C)(C)NC(=O)c2ccc(OC)cc2)cc1. The first kappa shape index (κ1) is 25.2.